The highest BCUT2D eigenvalue weighted by Gasteiger charge is 2.31. The van der Waals surface area contributed by atoms with E-state index in [1.165, 1.54) is 17.7 Å². The number of thiazole rings is 1. The maximum atomic E-state index is 13.1. The lowest BCUT2D eigenvalue weighted by Gasteiger charge is -2.32. The van der Waals surface area contributed by atoms with Gasteiger partial charge < -0.3 is 4.74 Å². The van der Waals surface area contributed by atoms with Crippen LogP contribution >= 0.6 is 11.3 Å². The van der Waals surface area contributed by atoms with Crippen molar-refractivity contribution in [2.75, 3.05) is 20.2 Å². The molecule has 0 spiro atoms. The Labute approximate surface area is 171 Å². The van der Waals surface area contributed by atoms with Crippen molar-refractivity contribution >= 4 is 37.2 Å². The molecule has 0 aliphatic carbocycles. The normalized spacial score (nSPS) is 16.6. The highest BCUT2D eigenvalue weighted by Crippen LogP contribution is 2.36. The third-order valence-electron chi connectivity index (χ3n) is 5.46. The molecule has 8 nitrogen and oxygen atoms in total. The van der Waals surface area contributed by atoms with Gasteiger partial charge >= 0.3 is 0 Å². The summed E-state index contributed by atoms with van der Waals surface area (Å²) in [4.78, 5) is 8.74. The van der Waals surface area contributed by atoms with Crippen molar-refractivity contribution in [2.45, 2.75) is 23.7 Å². The van der Waals surface area contributed by atoms with Crippen molar-refractivity contribution in [3.05, 3.63) is 47.9 Å². The van der Waals surface area contributed by atoms with E-state index in [9.17, 15) is 8.42 Å². The van der Waals surface area contributed by atoms with E-state index >= 15 is 0 Å². The monoisotopic (exact) mass is 429 g/mol. The van der Waals surface area contributed by atoms with E-state index in [0.717, 1.165) is 40.0 Å². The Balaban J connectivity index is 1.38. The Kier molecular flexibility index (Phi) is 4.49. The number of fused-ring (bicyclic) bond motifs is 2. The fraction of sp³-hybridized carbons (Fsp3) is 0.316. The van der Waals surface area contributed by atoms with Crippen LogP contribution in [0.15, 0.2) is 47.2 Å². The maximum Gasteiger partial charge on any atom is 0.243 e. The second-order valence-electron chi connectivity index (χ2n) is 7.02. The molecule has 4 aromatic rings. The summed E-state index contributed by atoms with van der Waals surface area (Å²) in [5, 5.41) is 4.20. The first-order chi connectivity index (χ1) is 14.1. The largest absolute Gasteiger partial charge is 0.496 e. The van der Waals surface area contributed by atoms with Gasteiger partial charge in [0.15, 0.2) is 5.65 Å². The van der Waals surface area contributed by atoms with Gasteiger partial charge in [0.2, 0.25) is 10.0 Å². The van der Waals surface area contributed by atoms with E-state index in [-0.39, 0.29) is 5.92 Å². The molecule has 29 heavy (non-hydrogen) atoms. The van der Waals surface area contributed by atoms with Crippen molar-refractivity contribution < 1.29 is 13.2 Å². The third kappa shape index (κ3) is 3.17. The number of benzene rings is 1. The minimum absolute atomic E-state index is 0.203. The van der Waals surface area contributed by atoms with E-state index in [1.54, 1.807) is 39.6 Å². The molecular formula is C19H19N5O3S2. The van der Waals surface area contributed by atoms with E-state index < -0.39 is 10.0 Å². The number of rotatable bonds is 4. The number of hydrogen-bond acceptors (Lipinski definition) is 7. The number of sulfonamides is 1. The molecule has 0 N–H and O–H groups in total. The second kappa shape index (κ2) is 7.05. The maximum absolute atomic E-state index is 13.1. The zero-order valence-corrected chi connectivity index (χ0v) is 17.4. The summed E-state index contributed by atoms with van der Waals surface area (Å²) in [6, 6.07) is 7.00. The predicted molar refractivity (Wildman–Crippen MR) is 110 cm³/mol. The van der Waals surface area contributed by atoms with Gasteiger partial charge in [-0.1, -0.05) is 0 Å². The Bertz CT molecular complexity index is 1290. The van der Waals surface area contributed by atoms with Crippen LogP contribution in [0.2, 0.25) is 0 Å². The standard InChI is InChI=1S/C19H19N5O3S2/c1-27-17-9-19-20-11-22-24(19)10-15(17)13-4-6-23(7-5-13)29(25,26)14-2-3-16-18(8-14)28-12-21-16/h2-3,8-13H,4-7H2,1H3. The molecule has 10 heteroatoms. The molecule has 0 saturated carbocycles. The predicted octanol–water partition coefficient (Wildman–Crippen LogP) is 2.92. The van der Waals surface area contributed by atoms with Crippen molar-refractivity contribution in [3.63, 3.8) is 0 Å². The van der Waals surface area contributed by atoms with Gasteiger partial charge in [0, 0.05) is 30.9 Å². The summed E-state index contributed by atoms with van der Waals surface area (Å²) in [7, 11) is -1.89. The smallest absolute Gasteiger partial charge is 0.243 e. The molecule has 1 aromatic carbocycles. The lowest BCUT2D eigenvalue weighted by Crippen LogP contribution is -2.38. The van der Waals surface area contributed by atoms with Crippen LogP contribution in [0.5, 0.6) is 5.75 Å². The van der Waals surface area contributed by atoms with Crippen molar-refractivity contribution in [1.82, 2.24) is 23.9 Å². The lowest BCUT2D eigenvalue weighted by atomic mass is 9.91. The van der Waals surface area contributed by atoms with Gasteiger partial charge in [-0.15, -0.1) is 11.3 Å². The first kappa shape index (κ1) is 18.5. The zero-order valence-electron chi connectivity index (χ0n) is 15.7. The average Bonchev–Trinajstić information content (AvgIpc) is 3.40. The molecule has 150 valence electrons. The van der Waals surface area contributed by atoms with Gasteiger partial charge in [-0.3, -0.25) is 0 Å². The second-order valence-corrected chi connectivity index (χ2v) is 9.84. The first-order valence-corrected chi connectivity index (χ1v) is 11.6. The van der Waals surface area contributed by atoms with Crippen LogP contribution in [0.1, 0.15) is 24.3 Å². The summed E-state index contributed by atoms with van der Waals surface area (Å²) in [6.07, 6.45) is 4.89. The van der Waals surface area contributed by atoms with Crippen LogP contribution in [0.25, 0.3) is 15.9 Å². The van der Waals surface area contributed by atoms with Gasteiger partial charge in [0.1, 0.15) is 12.1 Å². The summed E-state index contributed by atoms with van der Waals surface area (Å²) < 4.78 is 36.0. The Morgan fingerprint density at radius 1 is 1.17 bits per heavy atom. The first-order valence-electron chi connectivity index (χ1n) is 9.27. The molecule has 1 aliphatic heterocycles. The summed E-state index contributed by atoms with van der Waals surface area (Å²) >= 11 is 1.45. The van der Waals surface area contributed by atoms with Gasteiger partial charge in [-0.2, -0.15) is 9.40 Å². The quantitative estimate of drug-likeness (QED) is 0.496. The third-order valence-corrected chi connectivity index (χ3v) is 8.15. The summed E-state index contributed by atoms with van der Waals surface area (Å²) in [5.74, 6) is 0.969. The topological polar surface area (TPSA) is 89.7 Å². The Morgan fingerprint density at radius 3 is 2.79 bits per heavy atom. The van der Waals surface area contributed by atoms with Crippen LogP contribution in [-0.4, -0.2) is 52.5 Å². The minimum Gasteiger partial charge on any atom is -0.496 e. The summed E-state index contributed by atoms with van der Waals surface area (Å²) in [6.45, 7) is 0.929. The van der Waals surface area contributed by atoms with Gasteiger partial charge in [0.25, 0.3) is 0 Å². The van der Waals surface area contributed by atoms with Crippen LogP contribution < -0.4 is 4.74 Å². The fourth-order valence-corrected chi connectivity index (χ4v) is 6.18. The van der Waals surface area contributed by atoms with Crippen LogP contribution in [-0.2, 0) is 10.0 Å². The number of nitrogens with zero attached hydrogens (tertiary/aromatic N) is 5. The van der Waals surface area contributed by atoms with E-state index in [1.807, 2.05) is 12.3 Å². The highest BCUT2D eigenvalue weighted by atomic mass is 32.2. The Morgan fingerprint density at radius 2 is 2.00 bits per heavy atom. The molecule has 4 heterocycles. The number of piperidine rings is 1. The molecule has 1 aliphatic rings. The average molecular weight is 430 g/mol. The molecule has 5 rings (SSSR count). The van der Waals surface area contributed by atoms with E-state index in [4.69, 9.17) is 4.74 Å². The molecule has 0 bridgehead atoms. The van der Waals surface area contributed by atoms with E-state index in [2.05, 4.69) is 15.1 Å². The highest BCUT2D eigenvalue weighted by molar-refractivity contribution is 7.89. The molecular weight excluding hydrogens is 410 g/mol. The van der Waals surface area contributed by atoms with Gasteiger partial charge in [-0.25, -0.2) is 22.9 Å². The van der Waals surface area contributed by atoms with E-state index in [0.29, 0.717) is 18.0 Å². The SMILES string of the molecule is COc1cc2ncnn2cc1C1CCN(S(=O)(=O)c2ccc3ncsc3c2)CC1. The Hall–Kier alpha value is -2.56. The fourth-order valence-electron chi connectivity index (χ4n) is 3.89. The number of ether oxygens (including phenoxy) is 1. The van der Waals surface area contributed by atoms with Crippen molar-refractivity contribution in [1.29, 1.82) is 0 Å². The minimum atomic E-state index is -3.52. The zero-order chi connectivity index (χ0) is 20.0. The number of methoxy groups -OCH3 is 1. The van der Waals surface area contributed by atoms with Crippen molar-refractivity contribution in [3.8, 4) is 5.75 Å². The molecule has 1 fully saturated rings. The van der Waals surface area contributed by atoms with Crippen LogP contribution in [0.4, 0.5) is 0 Å². The molecule has 0 amide bonds. The molecule has 0 atom stereocenters. The molecule has 0 unspecified atom stereocenters. The number of pyridine rings is 1. The molecule has 3 aromatic heterocycles. The number of hydrogen-bond donors (Lipinski definition) is 0. The molecule has 1 saturated heterocycles. The van der Waals surface area contributed by atoms with Crippen molar-refractivity contribution in [2.24, 2.45) is 0 Å². The number of aromatic nitrogens is 4. The summed E-state index contributed by atoms with van der Waals surface area (Å²) in [5.41, 5.74) is 4.31. The van der Waals surface area contributed by atoms with Gasteiger partial charge in [0.05, 0.1) is 27.7 Å². The van der Waals surface area contributed by atoms with Gasteiger partial charge in [-0.05, 0) is 37.0 Å². The molecule has 0 radical (unpaired) electrons. The lowest BCUT2D eigenvalue weighted by molar-refractivity contribution is 0.312. The van der Waals surface area contributed by atoms with Crippen LogP contribution in [0, 0.1) is 0 Å². The van der Waals surface area contributed by atoms with Crippen LogP contribution in [0.3, 0.4) is 0 Å².